The molecule has 0 aromatic heterocycles. The third-order valence-electron chi connectivity index (χ3n) is 4.24. The van der Waals surface area contributed by atoms with Gasteiger partial charge < -0.3 is 28.4 Å². The van der Waals surface area contributed by atoms with Gasteiger partial charge in [0.15, 0.2) is 23.0 Å². The van der Waals surface area contributed by atoms with Gasteiger partial charge >= 0.3 is 0 Å². The maximum atomic E-state index is 5.56. The third kappa shape index (κ3) is 3.90. The van der Waals surface area contributed by atoms with Crippen LogP contribution in [0.5, 0.6) is 34.5 Å². The molecule has 0 saturated heterocycles. The monoisotopic (exact) mass is 362 g/mol. The number of hydrogen-bond acceptors (Lipinski definition) is 6. The summed E-state index contributed by atoms with van der Waals surface area (Å²) >= 11 is 0. The van der Waals surface area contributed by atoms with Crippen molar-refractivity contribution in [2.45, 2.75) is 12.8 Å². The molecule has 0 N–H and O–H groups in total. The van der Waals surface area contributed by atoms with Crippen LogP contribution in [0.4, 0.5) is 0 Å². The summed E-state index contributed by atoms with van der Waals surface area (Å²) in [5.74, 6) is 3.95. The largest absolute Gasteiger partial charge is 0.496 e. The van der Waals surface area contributed by atoms with Crippen molar-refractivity contribution in [2.75, 3.05) is 42.7 Å². The van der Waals surface area contributed by atoms with E-state index in [0.29, 0.717) is 28.7 Å². The Kier molecular flexibility index (Phi) is 6.83. The summed E-state index contributed by atoms with van der Waals surface area (Å²) in [5.41, 5.74) is 2.03. The van der Waals surface area contributed by atoms with E-state index >= 15 is 0 Å². The number of aryl methyl sites for hydroxylation is 2. The number of hydrogen-bond donors (Lipinski definition) is 0. The molecule has 0 radical (unpaired) electrons. The molecule has 0 spiro atoms. The SMILES string of the molecule is COc1cc(OC)c(OC)cc1CCc1ccc(OC)c(OC)c1OC. The predicted molar refractivity (Wildman–Crippen MR) is 99.6 cm³/mol. The van der Waals surface area contributed by atoms with Gasteiger partial charge in [0.25, 0.3) is 0 Å². The zero-order valence-electron chi connectivity index (χ0n) is 16.2. The van der Waals surface area contributed by atoms with E-state index < -0.39 is 0 Å². The van der Waals surface area contributed by atoms with Crippen molar-refractivity contribution in [3.63, 3.8) is 0 Å². The van der Waals surface area contributed by atoms with Crippen molar-refractivity contribution in [1.29, 1.82) is 0 Å². The molecule has 0 amide bonds. The van der Waals surface area contributed by atoms with E-state index in [4.69, 9.17) is 28.4 Å². The fourth-order valence-electron chi connectivity index (χ4n) is 2.92. The first-order chi connectivity index (χ1) is 12.6. The maximum absolute atomic E-state index is 5.56. The molecular weight excluding hydrogens is 336 g/mol. The summed E-state index contributed by atoms with van der Waals surface area (Å²) in [4.78, 5) is 0. The average molecular weight is 362 g/mol. The molecule has 0 atom stereocenters. The summed E-state index contributed by atoms with van der Waals surface area (Å²) in [6, 6.07) is 7.63. The van der Waals surface area contributed by atoms with Gasteiger partial charge in [0.1, 0.15) is 5.75 Å². The van der Waals surface area contributed by atoms with Gasteiger partial charge in [-0.15, -0.1) is 0 Å². The van der Waals surface area contributed by atoms with Crippen LogP contribution in [0.2, 0.25) is 0 Å². The molecule has 2 aromatic carbocycles. The molecule has 6 heteroatoms. The topological polar surface area (TPSA) is 55.4 Å². The number of benzene rings is 2. The first-order valence-corrected chi connectivity index (χ1v) is 8.20. The molecule has 0 unspecified atom stereocenters. The van der Waals surface area contributed by atoms with Gasteiger partial charge in [-0.1, -0.05) is 6.07 Å². The minimum absolute atomic E-state index is 0.590. The fourth-order valence-corrected chi connectivity index (χ4v) is 2.92. The molecule has 0 aliphatic rings. The maximum Gasteiger partial charge on any atom is 0.203 e. The lowest BCUT2D eigenvalue weighted by Gasteiger charge is -2.17. The zero-order chi connectivity index (χ0) is 19.1. The summed E-state index contributed by atoms with van der Waals surface area (Å²) in [5, 5.41) is 0. The van der Waals surface area contributed by atoms with Crippen molar-refractivity contribution < 1.29 is 28.4 Å². The van der Waals surface area contributed by atoms with Crippen molar-refractivity contribution in [3.05, 3.63) is 35.4 Å². The first kappa shape index (κ1) is 19.6. The van der Waals surface area contributed by atoms with Crippen molar-refractivity contribution in [3.8, 4) is 34.5 Å². The molecular formula is C20H26O6. The first-order valence-electron chi connectivity index (χ1n) is 8.20. The Morgan fingerprint density at radius 2 is 1.04 bits per heavy atom. The van der Waals surface area contributed by atoms with Gasteiger partial charge in [0.05, 0.1) is 42.7 Å². The zero-order valence-corrected chi connectivity index (χ0v) is 16.2. The quantitative estimate of drug-likeness (QED) is 0.680. The molecule has 0 bridgehead atoms. The Hall–Kier alpha value is -2.76. The van der Waals surface area contributed by atoms with E-state index in [2.05, 4.69) is 0 Å². The van der Waals surface area contributed by atoms with Gasteiger partial charge in [0.2, 0.25) is 5.75 Å². The van der Waals surface area contributed by atoms with Crippen LogP contribution in [0.3, 0.4) is 0 Å². The van der Waals surface area contributed by atoms with Crippen molar-refractivity contribution in [2.24, 2.45) is 0 Å². The highest BCUT2D eigenvalue weighted by molar-refractivity contribution is 5.56. The number of rotatable bonds is 9. The Balaban J connectivity index is 2.34. The molecule has 0 fully saturated rings. The van der Waals surface area contributed by atoms with Gasteiger partial charge in [-0.2, -0.15) is 0 Å². The van der Waals surface area contributed by atoms with Crippen LogP contribution in [0.15, 0.2) is 24.3 Å². The van der Waals surface area contributed by atoms with Crippen LogP contribution in [0.1, 0.15) is 11.1 Å². The van der Waals surface area contributed by atoms with Gasteiger partial charge in [-0.3, -0.25) is 0 Å². The lowest BCUT2D eigenvalue weighted by Crippen LogP contribution is -2.02. The Morgan fingerprint density at radius 3 is 1.58 bits per heavy atom. The van der Waals surface area contributed by atoms with E-state index in [1.807, 2.05) is 24.3 Å². The summed E-state index contributed by atoms with van der Waals surface area (Å²) in [6.45, 7) is 0. The van der Waals surface area contributed by atoms with Crippen LogP contribution >= 0.6 is 0 Å². The fraction of sp³-hybridized carbons (Fsp3) is 0.400. The van der Waals surface area contributed by atoms with Gasteiger partial charge in [-0.25, -0.2) is 0 Å². The smallest absolute Gasteiger partial charge is 0.203 e. The van der Waals surface area contributed by atoms with Crippen LogP contribution < -0.4 is 28.4 Å². The minimum atomic E-state index is 0.590. The normalized spacial score (nSPS) is 10.2. The molecule has 26 heavy (non-hydrogen) atoms. The van der Waals surface area contributed by atoms with Crippen LogP contribution in [-0.2, 0) is 12.8 Å². The van der Waals surface area contributed by atoms with Gasteiger partial charge in [0, 0.05) is 6.07 Å². The van der Waals surface area contributed by atoms with E-state index in [9.17, 15) is 0 Å². The van der Waals surface area contributed by atoms with Crippen molar-refractivity contribution in [1.82, 2.24) is 0 Å². The molecule has 142 valence electrons. The van der Waals surface area contributed by atoms with E-state index in [0.717, 1.165) is 29.7 Å². The van der Waals surface area contributed by atoms with E-state index in [1.165, 1.54) is 0 Å². The molecule has 0 heterocycles. The van der Waals surface area contributed by atoms with E-state index in [1.54, 1.807) is 42.7 Å². The number of methoxy groups -OCH3 is 6. The second kappa shape index (κ2) is 9.08. The molecule has 0 saturated carbocycles. The van der Waals surface area contributed by atoms with Crippen LogP contribution in [0, 0.1) is 0 Å². The summed E-state index contributed by atoms with van der Waals surface area (Å²) in [6.07, 6.45) is 1.46. The highest BCUT2D eigenvalue weighted by atomic mass is 16.5. The molecule has 0 aliphatic carbocycles. The molecule has 0 aliphatic heterocycles. The number of ether oxygens (including phenoxy) is 6. The van der Waals surface area contributed by atoms with Gasteiger partial charge in [-0.05, 0) is 36.1 Å². The Bertz CT molecular complexity index is 738. The third-order valence-corrected chi connectivity index (χ3v) is 4.24. The minimum Gasteiger partial charge on any atom is -0.496 e. The summed E-state index contributed by atoms with van der Waals surface area (Å²) in [7, 11) is 9.68. The summed E-state index contributed by atoms with van der Waals surface area (Å²) < 4.78 is 32.6. The Morgan fingerprint density at radius 1 is 0.500 bits per heavy atom. The molecule has 6 nitrogen and oxygen atoms in total. The lowest BCUT2D eigenvalue weighted by atomic mass is 10.0. The highest BCUT2D eigenvalue weighted by Gasteiger charge is 2.17. The average Bonchev–Trinajstić information content (AvgIpc) is 2.70. The van der Waals surface area contributed by atoms with Crippen molar-refractivity contribution >= 4 is 0 Å². The van der Waals surface area contributed by atoms with E-state index in [-0.39, 0.29) is 0 Å². The second-order valence-electron chi connectivity index (χ2n) is 5.51. The van der Waals surface area contributed by atoms with Crippen LogP contribution in [-0.4, -0.2) is 42.7 Å². The second-order valence-corrected chi connectivity index (χ2v) is 5.51. The molecule has 2 rings (SSSR count). The standard InChI is InChI=1S/C20H26O6/c1-21-15-10-9-13(19(25-5)20(15)26-6)7-8-14-11-17(23-3)18(24-4)12-16(14)22-2/h9-12H,7-8H2,1-6H3. The highest BCUT2D eigenvalue weighted by Crippen LogP contribution is 2.41. The molecule has 2 aromatic rings. The Labute approximate surface area is 154 Å². The van der Waals surface area contributed by atoms with Crippen LogP contribution in [0.25, 0.3) is 0 Å². The lowest BCUT2D eigenvalue weighted by molar-refractivity contribution is 0.322. The predicted octanol–water partition coefficient (Wildman–Crippen LogP) is 3.52.